The summed E-state index contributed by atoms with van der Waals surface area (Å²) in [6.45, 7) is 0.751. The van der Waals surface area contributed by atoms with Crippen molar-refractivity contribution in [1.82, 2.24) is 0 Å². The standard InChI is InChI=1S/C19H19OP/c1-20-15-16-9-8-14-19(16)21(17-10-4-2-5-11-17)18-12-6-3-7-13-18/h2-14,16H,15H2,1H3. The Bertz CT molecular complexity index is 592. The summed E-state index contributed by atoms with van der Waals surface area (Å²) in [6.07, 6.45) is 6.69. The lowest BCUT2D eigenvalue weighted by Crippen LogP contribution is -2.17. The van der Waals surface area contributed by atoms with Crippen LogP contribution in [0.4, 0.5) is 0 Å². The maximum absolute atomic E-state index is 5.40. The van der Waals surface area contributed by atoms with Crippen LogP contribution in [0.25, 0.3) is 0 Å². The SMILES string of the molecule is COCC1C=CC=C1P(c1ccccc1)c1ccccc1. The summed E-state index contributed by atoms with van der Waals surface area (Å²) in [5.74, 6) is 0.390. The lowest BCUT2D eigenvalue weighted by Gasteiger charge is -2.24. The highest BCUT2D eigenvalue weighted by molar-refractivity contribution is 7.76. The van der Waals surface area contributed by atoms with Crippen LogP contribution < -0.4 is 10.6 Å². The van der Waals surface area contributed by atoms with Crippen molar-refractivity contribution in [1.29, 1.82) is 0 Å². The van der Waals surface area contributed by atoms with Crippen molar-refractivity contribution in [3.63, 3.8) is 0 Å². The topological polar surface area (TPSA) is 9.23 Å². The summed E-state index contributed by atoms with van der Waals surface area (Å²) in [4.78, 5) is 0. The Morgan fingerprint density at radius 3 is 2.00 bits per heavy atom. The van der Waals surface area contributed by atoms with E-state index < -0.39 is 7.92 Å². The number of hydrogen-bond acceptors (Lipinski definition) is 1. The average Bonchev–Trinajstić information content (AvgIpc) is 2.98. The lowest BCUT2D eigenvalue weighted by molar-refractivity contribution is 0.183. The highest BCUT2D eigenvalue weighted by Gasteiger charge is 2.25. The Morgan fingerprint density at radius 1 is 0.905 bits per heavy atom. The van der Waals surface area contributed by atoms with E-state index in [-0.39, 0.29) is 0 Å². The minimum Gasteiger partial charge on any atom is -0.384 e. The largest absolute Gasteiger partial charge is 0.384 e. The van der Waals surface area contributed by atoms with Gasteiger partial charge in [-0.2, -0.15) is 0 Å². The Balaban J connectivity index is 2.02. The molecule has 2 aromatic carbocycles. The minimum absolute atomic E-state index is 0.390. The molecule has 0 fully saturated rings. The number of hydrogen-bond donors (Lipinski definition) is 0. The first kappa shape index (κ1) is 14.3. The van der Waals surface area contributed by atoms with Gasteiger partial charge < -0.3 is 4.74 Å². The van der Waals surface area contributed by atoms with Gasteiger partial charge in [0, 0.05) is 13.0 Å². The zero-order valence-corrected chi connectivity index (χ0v) is 13.0. The molecule has 0 aromatic heterocycles. The van der Waals surface area contributed by atoms with E-state index in [0.29, 0.717) is 5.92 Å². The summed E-state index contributed by atoms with van der Waals surface area (Å²) in [5.41, 5.74) is 0. The van der Waals surface area contributed by atoms with Crippen molar-refractivity contribution < 1.29 is 4.74 Å². The quantitative estimate of drug-likeness (QED) is 0.761. The fourth-order valence-electron chi connectivity index (χ4n) is 2.67. The fourth-order valence-corrected chi connectivity index (χ4v) is 5.24. The Labute approximate surface area is 127 Å². The van der Waals surface area contributed by atoms with Crippen LogP contribution in [0.2, 0.25) is 0 Å². The van der Waals surface area contributed by atoms with Crippen molar-refractivity contribution in [2.75, 3.05) is 13.7 Å². The molecule has 0 saturated heterocycles. The molecule has 106 valence electrons. The molecule has 0 bridgehead atoms. The normalized spacial score (nSPS) is 17.2. The van der Waals surface area contributed by atoms with Gasteiger partial charge in [-0.25, -0.2) is 0 Å². The van der Waals surface area contributed by atoms with Crippen LogP contribution in [0.15, 0.2) is 84.2 Å². The zero-order chi connectivity index (χ0) is 14.5. The number of ether oxygens (including phenoxy) is 1. The number of rotatable bonds is 5. The van der Waals surface area contributed by atoms with Gasteiger partial charge in [-0.05, 0) is 23.8 Å². The molecule has 1 atom stereocenters. The Hall–Kier alpha value is -1.69. The second kappa shape index (κ2) is 6.85. The van der Waals surface area contributed by atoms with E-state index in [9.17, 15) is 0 Å². The van der Waals surface area contributed by atoms with Crippen LogP contribution in [0.5, 0.6) is 0 Å². The van der Waals surface area contributed by atoms with E-state index in [0.717, 1.165) is 6.61 Å². The van der Waals surface area contributed by atoms with Crippen LogP contribution in [-0.4, -0.2) is 13.7 Å². The highest BCUT2D eigenvalue weighted by Crippen LogP contribution is 2.48. The molecule has 3 rings (SSSR count). The van der Waals surface area contributed by atoms with Crippen LogP contribution in [0, 0.1) is 5.92 Å². The monoisotopic (exact) mass is 294 g/mol. The van der Waals surface area contributed by atoms with Crippen LogP contribution in [0.1, 0.15) is 0 Å². The molecule has 1 aliphatic rings. The lowest BCUT2D eigenvalue weighted by atomic mass is 10.2. The van der Waals surface area contributed by atoms with Gasteiger partial charge in [0.1, 0.15) is 0 Å². The molecule has 0 aliphatic heterocycles. The number of allylic oxidation sites excluding steroid dienone is 2. The molecule has 1 unspecified atom stereocenters. The van der Waals surface area contributed by atoms with E-state index in [1.165, 1.54) is 15.9 Å². The van der Waals surface area contributed by atoms with E-state index in [2.05, 4.69) is 78.9 Å². The van der Waals surface area contributed by atoms with Crippen LogP contribution in [0.3, 0.4) is 0 Å². The second-order valence-corrected chi connectivity index (χ2v) is 7.26. The zero-order valence-electron chi connectivity index (χ0n) is 12.1. The molecule has 1 nitrogen and oxygen atoms in total. The van der Waals surface area contributed by atoms with Crippen LogP contribution >= 0.6 is 7.92 Å². The molecule has 0 radical (unpaired) electrons. The smallest absolute Gasteiger partial charge is 0.0566 e. The molecular weight excluding hydrogens is 275 g/mol. The predicted octanol–water partition coefficient (Wildman–Crippen LogP) is 3.84. The number of methoxy groups -OCH3 is 1. The Morgan fingerprint density at radius 2 is 1.48 bits per heavy atom. The van der Waals surface area contributed by atoms with Gasteiger partial charge in [-0.1, -0.05) is 78.9 Å². The molecule has 21 heavy (non-hydrogen) atoms. The third-order valence-corrected chi connectivity index (χ3v) is 6.25. The van der Waals surface area contributed by atoms with E-state index in [1.807, 2.05) is 0 Å². The molecule has 0 heterocycles. The van der Waals surface area contributed by atoms with Gasteiger partial charge >= 0.3 is 0 Å². The van der Waals surface area contributed by atoms with E-state index >= 15 is 0 Å². The van der Waals surface area contributed by atoms with Gasteiger partial charge in [0.05, 0.1) is 6.61 Å². The first-order valence-corrected chi connectivity index (χ1v) is 8.52. The van der Waals surface area contributed by atoms with Gasteiger partial charge in [0.2, 0.25) is 0 Å². The van der Waals surface area contributed by atoms with Crippen molar-refractivity contribution in [2.24, 2.45) is 5.92 Å². The van der Waals surface area contributed by atoms with Gasteiger partial charge in [0.25, 0.3) is 0 Å². The van der Waals surface area contributed by atoms with Gasteiger partial charge in [-0.15, -0.1) is 0 Å². The fraction of sp³-hybridized carbons (Fsp3) is 0.158. The third-order valence-electron chi connectivity index (χ3n) is 3.62. The predicted molar refractivity (Wildman–Crippen MR) is 91.7 cm³/mol. The summed E-state index contributed by atoms with van der Waals surface area (Å²) >= 11 is 0. The highest BCUT2D eigenvalue weighted by atomic mass is 31.1. The average molecular weight is 294 g/mol. The van der Waals surface area contributed by atoms with Crippen molar-refractivity contribution >= 4 is 18.5 Å². The maximum atomic E-state index is 5.40. The second-order valence-electron chi connectivity index (χ2n) is 5.04. The van der Waals surface area contributed by atoms with Crippen molar-refractivity contribution in [3.8, 4) is 0 Å². The molecule has 0 amide bonds. The molecule has 0 spiro atoms. The van der Waals surface area contributed by atoms with Crippen LogP contribution in [-0.2, 0) is 4.74 Å². The molecule has 0 N–H and O–H groups in total. The minimum atomic E-state index is -0.484. The summed E-state index contributed by atoms with van der Waals surface area (Å²) in [5, 5.41) is 4.27. The van der Waals surface area contributed by atoms with E-state index in [4.69, 9.17) is 4.74 Å². The Kier molecular flexibility index (Phi) is 4.65. The number of benzene rings is 2. The first-order valence-electron chi connectivity index (χ1n) is 7.17. The molecule has 0 saturated carbocycles. The summed E-state index contributed by atoms with van der Waals surface area (Å²) in [6, 6.07) is 21.6. The summed E-state index contributed by atoms with van der Waals surface area (Å²) in [7, 11) is 1.29. The van der Waals surface area contributed by atoms with Gasteiger partial charge in [0.15, 0.2) is 0 Å². The molecule has 2 aromatic rings. The van der Waals surface area contributed by atoms with Gasteiger partial charge in [-0.3, -0.25) is 0 Å². The maximum Gasteiger partial charge on any atom is 0.0566 e. The van der Waals surface area contributed by atoms with E-state index in [1.54, 1.807) is 7.11 Å². The molecule has 1 aliphatic carbocycles. The van der Waals surface area contributed by atoms with Crippen molar-refractivity contribution in [3.05, 3.63) is 84.2 Å². The van der Waals surface area contributed by atoms with Crippen molar-refractivity contribution in [2.45, 2.75) is 0 Å². The first-order chi connectivity index (χ1) is 10.4. The third kappa shape index (κ3) is 3.15. The molecular formula is C19H19OP. The molecule has 2 heteroatoms. The summed E-state index contributed by atoms with van der Waals surface area (Å²) < 4.78 is 5.40.